The standard InChI is InChI=1S/C13H14N2O4S2/c1-8-7-20-11(13(16)17)12(8)21(18,19)15-9(2)10-5-3-4-6-14-10/h3-7,9,15H,1-2H3,(H,16,17)/t9-/m0/s1. The van der Waals surface area contributed by atoms with Crippen LogP contribution in [0.25, 0.3) is 0 Å². The Balaban J connectivity index is 2.36. The number of hydrogen-bond acceptors (Lipinski definition) is 5. The molecule has 0 radical (unpaired) electrons. The predicted molar refractivity (Wildman–Crippen MR) is 79.0 cm³/mol. The van der Waals surface area contributed by atoms with Gasteiger partial charge in [-0.15, -0.1) is 11.3 Å². The second kappa shape index (κ2) is 5.92. The molecule has 0 saturated heterocycles. The largest absolute Gasteiger partial charge is 0.477 e. The van der Waals surface area contributed by atoms with Gasteiger partial charge in [0.2, 0.25) is 10.0 Å². The van der Waals surface area contributed by atoms with Crippen LogP contribution in [-0.4, -0.2) is 24.5 Å². The Morgan fingerprint density at radius 2 is 2.14 bits per heavy atom. The molecule has 0 aromatic carbocycles. The molecule has 2 aromatic heterocycles. The molecule has 0 fully saturated rings. The minimum absolute atomic E-state index is 0.178. The second-order valence-corrected chi connectivity index (χ2v) is 7.01. The van der Waals surface area contributed by atoms with Gasteiger partial charge >= 0.3 is 5.97 Å². The number of aryl methyl sites for hydroxylation is 1. The van der Waals surface area contributed by atoms with E-state index in [-0.39, 0.29) is 9.77 Å². The zero-order chi connectivity index (χ0) is 15.6. The number of carbonyl (C=O) groups is 1. The highest BCUT2D eigenvalue weighted by atomic mass is 32.2. The number of thiophene rings is 1. The van der Waals surface area contributed by atoms with Crippen molar-refractivity contribution in [1.82, 2.24) is 9.71 Å². The van der Waals surface area contributed by atoms with E-state index in [9.17, 15) is 13.2 Å². The van der Waals surface area contributed by atoms with Crippen molar-refractivity contribution < 1.29 is 18.3 Å². The normalized spacial score (nSPS) is 13.0. The lowest BCUT2D eigenvalue weighted by Gasteiger charge is -2.14. The quantitative estimate of drug-likeness (QED) is 0.878. The van der Waals surface area contributed by atoms with E-state index in [0.29, 0.717) is 11.3 Å². The maximum Gasteiger partial charge on any atom is 0.347 e. The van der Waals surface area contributed by atoms with Crippen molar-refractivity contribution in [1.29, 1.82) is 0 Å². The third-order valence-corrected chi connectivity index (χ3v) is 5.79. The van der Waals surface area contributed by atoms with E-state index in [0.717, 1.165) is 11.3 Å². The molecular weight excluding hydrogens is 312 g/mol. The maximum atomic E-state index is 12.4. The van der Waals surface area contributed by atoms with Crippen molar-refractivity contribution >= 4 is 27.3 Å². The summed E-state index contributed by atoms with van der Waals surface area (Å²) >= 11 is 0.900. The van der Waals surface area contributed by atoms with Gasteiger partial charge in [0.25, 0.3) is 0 Å². The van der Waals surface area contributed by atoms with Gasteiger partial charge in [0.1, 0.15) is 9.77 Å². The van der Waals surface area contributed by atoms with Crippen LogP contribution in [-0.2, 0) is 10.0 Å². The van der Waals surface area contributed by atoms with Crippen molar-refractivity contribution in [3.63, 3.8) is 0 Å². The van der Waals surface area contributed by atoms with Crippen LogP contribution >= 0.6 is 11.3 Å². The molecule has 0 saturated carbocycles. The van der Waals surface area contributed by atoms with Crippen LogP contribution in [0.5, 0.6) is 0 Å². The topological polar surface area (TPSA) is 96.4 Å². The number of carboxylic acid groups (broad SMARTS) is 1. The summed E-state index contributed by atoms with van der Waals surface area (Å²) in [7, 11) is -3.93. The first kappa shape index (κ1) is 15.6. The molecule has 112 valence electrons. The summed E-state index contributed by atoms with van der Waals surface area (Å²) in [6.07, 6.45) is 1.57. The van der Waals surface area contributed by atoms with E-state index in [1.165, 1.54) is 5.38 Å². The Hall–Kier alpha value is -1.77. The van der Waals surface area contributed by atoms with Crippen molar-refractivity contribution in [2.45, 2.75) is 24.8 Å². The SMILES string of the molecule is Cc1csc(C(=O)O)c1S(=O)(=O)N[C@@H](C)c1ccccn1. The van der Waals surface area contributed by atoms with Crippen molar-refractivity contribution in [2.24, 2.45) is 0 Å². The van der Waals surface area contributed by atoms with Gasteiger partial charge in [-0.1, -0.05) is 6.07 Å². The van der Waals surface area contributed by atoms with Crippen LogP contribution in [0, 0.1) is 6.92 Å². The zero-order valence-corrected chi connectivity index (χ0v) is 13.0. The monoisotopic (exact) mass is 326 g/mol. The van der Waals surface area contributed by atoms with Crippen molar-refractivity contribution in [3.05, 3.63) is 45.9 Å². The van der Waals surface area contributed by atoms with Gasteiger partial charge < -0.3 is 5.11 Å². The predicted octanol–water partition coefficient (Wildman–Crippen LogP) is 2.19. The molecule has 0 unspecified atom stereocenters. The summed E-state index contributed by atoms with van der Waals surface area (Å²) in [5.74, 6) is -1.25. The van der Waals surface area contributed by atoms with E-state index < -0.39 is 22.0 Å². The van der Waals surface area contributed by atoms with Gasteiger partial charge in [-0.05, 0) is 36.9 Å². The number of rotatable bonds is 5. The molecule has 0 aliphatic rings. The van der Waals surface area contributed by atoms with Gasteiger partial charge in [0, 0.05) is 6.20 Å². The molecule has 0 aliphatic carbocycles. The molecule has 6 nitrogen and oxygen atoms in total. The molecule has 2 rings (SSSR count). The number of pyridine rings is 1. The van der Waals surface area contributed by atoms with Crippen LogP contribution in [0.2, 0.25) is 0 Å². The van der Waals surface area contributed by atoms with Gasteiger partial charge in [-0.2, -0.15) is 0 Å². The number of aromatic carboxylic acids is 1. The van der Waals surface area contributed by atoms with E-state index in [2.05, 4.69) is 9.71 Å². The van der Waals surface area contributed by atoms with Crippen molar-refractivity contribution in [2.75, 3.05) is 0 Å². The van der Waals surface area contributed by atoms with E-state index in [4.69, 9.17) is 5.11 Å². The number of nitrogens with one attached hydrogen (secondary N) is 1. The highest BCUT2D eigenvalue weighted by molar-refractivity contribution is 7.89. The number of aromatic nitrogens is 1. The number of hydrogen-bond donors (Lipinski definition) is 2. The molecule has 0 spiro atoms. The lowest BCUT2D eigenvalue weighted by molar-refractivity contribution is 0.0698. The first-order valence-electron chi connectivity index (χ1n) is 6.07. The van der Waals surface area contributed by atoms with E-state index >= 15 is 0 Å². The maximum absolute atomic E-state index is 12.4. The lowest BCUT2D eigenvalue weighted by Crippen LogP contribution is -2.28. The number of nitrogens with zero attached hydrogens (tertiary/aromatic N) is 1. The van der Waals surface area contributed by atoms with Crippen LogP contribution in [0.4, 0.5) is 0 Å². The summed E-state index contributed by atoms with van der Waals surface area (Å²) in [6.45, 7) is 3.23. The fourth-order valence-electron chi connectivity index (χ4n) is 1.90. The summed E-state index contributed by atoms with van der Waals surface area (Å²) in [4.78, 5) is 14.9. The van der Waals surface area contributed by atoms with Crippen LogP contribution in [0.1, 0.15) is 33.9 Å². The van der Waals surface area contributed by atoms with Gasteiger partial charge in [-0.3, -0.25) is 4.98 Å². The molecule has 2 heterocycles. The Kier molecular flexibility index (Phi) is 4.40. The number of carboxylic acids is 1. The van der Waals surface area contributed by atoms with Gasteiger partial charge in [0.05, 0.1) is 11.7 Å². The summed E-state index contributed by atoms with van der Waals surface area (Å²) in [6, 6.07) is 4.63. The van der Waals surface area contributed by atoms with Crippen LogP contribution in [0.3, 0.4) is 0 Å². The zero-order valence-electron chi connectivity index (χ0n) is 11.4. The summed E-state index contributed by atoms with van der Waals surface area (Å²) in [5.41, 5.74) is 0.976. The molecule has 0 bridgehead atoms. The lowest BCUT2D eigenvalue weighted by atomic mass is 10.2. The van der Waals surface area contributed by atoms with E-state index in [1.807, 2.05) is 0 Å². The molecule has 2 aromatic rings. The first-order valence-corrected chi connectivity index (χ1v) is 8.44. The van der Waals surface area contributed by atoms with Crippen molar-refractivity contribution in [3.8, 4) is 0 Å². The minimum Gasteiger partial charge on any atom is -0.477 e. The summed E-state index contributed by atoms with van der Waals surface area (Å²) < 4.78 is 27.3. The molecule has 1 atom stereocenters. The van der Waals surface area contributed by atoms with Crippen LogP contribution in [0.15, 0.2) is 34.7 Å². The Labute approximate surface area is 126 Å². The third-order valence-electron chi connectivity index (χ3n) is 2.84. The second-order valence-electron chi connectivity index (χ2n) is 4.48. The first-order chi connectivity index (χ1) is 9.83. The third kappa shape index (κ3) is 3.29. The van der Waals surface area contributed by atoms with E-state index in [1.54, 1.807) is 38.2 Å². The average Bonchev–Trinajstić information content (AvgIpc) is 2.82. The smallest absolute Gasteiger partial charge is 0.347 e. The molecule has 8 heteroatoms. The van der Waals surface area contributed by atoms with Gasteiger partial charge in [-0.25, -0.2) is 17.9 Å². The molecule has 2 N–H and O–H groups in total. The fraction of sp³-hybridized carbons (Fsp3) is 0.231. The minimum atomic E-state index is -3.93. The Morgan fingerprint density at radius 1 is 1.43 bits per heavy atom. The summed E-state index contributed by atoms with van der Waals surface area (Å²) in [5, 5.41) is 10.6. The number of sulfonamides is 1. The Morgan fingerprint density at radius 3 is 2.71 bits per heavy atom. The van der Waals surface area contributed by atoms with Gasteiger partial charge in [0.15, 0.2) is 0 Å². The molecular formula is C13H14N2O4S2. The molecule has 21 heavy (non-hydrogen) atoms. The van der Waals surface area contributed by atoms with Crippen LogP contribution < -0.4 is 4.72 Å². The highest BCUT2D eigenvalue weighted by Crippen LogP contribution is 2.28. The fourth-order valence-corrected chi connectivity index (χ4v) is 4.75. The highest BCUT2D eigenvalue weighted by Gasteiger charge is 2.28. The molecule has 0 amide bonds. The Bertz CT molecular complexity index is 754. The molecule has 0 aliphatic heterocycles. The average molecular weight is 326 g/mol.